The highest BCUT2D eigenvalue weighted by Gasteiger charge is 2.20. The van der Waals surface area contributed by atoms with Gasteiger partial charge in [-0.15, -0.1) is 0 Å². The van der Waals surface area contributed by atoms with Gasteiger partial charge in [0.25, 0.3) is 0 Å². The number of carbonyl (C=O) groups excluding carboxylic acids is 1. The summed E-state index contributed by atoms with van der Waals surface area (Å²) in [4.78, 5) is 23.9. The molecule has 0 bridgehead atoms. The van der Waals surface area contributed by atoms with Crippen molar-refractivity contribution in [3.63, 3.8) is 0 Å². The van der Waals surface area contributed by atoms with Crippen molar-refractivity contribution in [1.82, 2.24) is 15.0 Å². The summed E-state index contributed by atoms with van der Waals surface area (Å²) in [6.07, 6.45) is 4.81. The summed E-state index contributed by atoms with van der Waals surface area (Å²) in [7, 11) is -3.84. The Hall–Kier alpha value is -3.47. The highest BCUT2D eigenvalue weighted by Crippen LogP contribution is 2.27. The third-order valence-corrected chi connectivity index (χ3v) is 4.80. The van der Waals surface area contributed by atoms with Gasteiger partial charge in [0.1, 0.15) is 11.6 Å². The number of sulfone groups is 1. The third-order valence-electron chi connectivity index (χ3n) is 3.78. The second-order valence-corrected chi connectivity index (χ2v) is 8.08. The number of ether oxygens (including phenoxy) is 1. The van der Waals surface area contributed by atoms with Gasteiger partial charge in [0.15, 0.2) is 14.9 Å². The highest BCUT2D eigenvalue weighted by atomic mass is 32.2. The van der Waals surface area contributed by atoms with E-state index >= 15 is 0 Å². The molecule has 0 fully saturated rings. The van der Waals surface area contributed by atoms with E-state index in [-0.39, 0.29) is 40.0 Å². The first-order valence-corrected chi connectivity index (χ1v) is 10.5. The quantitative estimate of drug-likeness (QED) is 0.465. The number of hydrogen-bond donors (Lipinski definition) is 1. The second kappa shape index (κ2) is 8.49. The molecular formula is C19H16F2N4O4S. The summed E-state index contributed by atoms with van der Waals surface area (Å²) < 4.78 is 56.3. The van der Waals surface area contributed by atoms with E-state index in [1.165, 1.54) is 24.7 Å². The van der Waals surface area contributed by atoms with E-state index in [1.54, 1.807) is 6.92 Å². The number of carbonyl (C=O) groups is 1. The zero-order valence-electron chi connectivity index (χ0n) is 15.9. The molecule has 3 rings (SSSR count). The minimum Gasteiger partial charge on any atom is -0.462 e. The lowest BCUT2D eigenvalue weighted by atomic mass is 10.1. The number of anilines is 2. The van der Waals surface area contributed by atoms with Crippen molar-refractivity contribution in [1.29, 1.82) is 0 Å². The number of pyridine rings is 1. The van der Waals surface area contributed by atoms with Gasteiger partial charge in [-0.25, -0.2) is 32.0 Å². The number of halogens is 2. The zero-order valence-corrected chi connectivity index (χ0v) is 16.7. The van der Waals surface area contributed by atoms with E-state index < -0.39 is 27.4 Å². The van der Waals surface area contributed by atoms with Crippen molar-refractivity contribution in [2.45, 2.75) is 11.9 Å². The Morgan fingerprint density at radius 2 is 1.80 bits per heavy atom. The molecule has 2 aromatic heterocycles. The Balaban J connectivity index is 2.04. The number of esters is 1. The fourth-order valence-electron chi connectivity index (χ4n) is 2.58. The van der Waals surface area contributed by atoms with Gasteiger partial charge in [-0.05, 0) is 25.1 Å². The molecule has 0 spiro atoms. The summed E-state index contributed by atoms with van der Waals surface area (Å²) in [6, 6.07) is 4.12. The van der Waals surface area contributed by atoms with Crippen LogP contribution >= 0.6 is 0 Å². The molecule has 0 aliphatic rings. The van der Waals surface area contributed by atoms with Crippen LogP contribution in [-0.2, 0) is 14.6 Å². The Labute approximate surface area is 170 Å². The summed E-state index contributed by atoms with van der Waals surface area (Å²) in [5.41, 5.74) is 0.522. The molecule has 1 N–H and O–H groups in total. The molecule has 1 aromatic carbocycles. The summed E-state index contributed by atoms with van der Waals surface area (Å²) in [5.74, 6) is -2.43. The molecule has 2 heterocycles. The predicted octanol–water partition coefficient (Wildman–Crippen LogP) is 3.14. The molecule has 11 heteroatoms. The van der Waals surface area contributed by atoms with Gasteiger partial charge in [0, 0.05) is 47.7 Å². The second-order valence-electron chi connectivity index (χ2n) is 6.15. The molecule has 8 nitrogen and oxygen atoms in total. The molecule has 0 amide bonds. The molecule has 0 atom stereocenters. The lowest BCUT2D eigenvalue weighted by Gasteiger charge is -2.11. The lowest BCUT2D eigenvalue weighted by molar-refractivity contribution is 0.0526. The van der Waals surface area contributed by atoms with Crippen LogP contribution in [0.3, 0.4) is 0 Å². The first kappa shape index (κ1) is 21.2. The molecule has 0 aliphatic heterocycles. The number of nitrogens with zero attached hydrogens (tertiary/aromatic N) is 3. The molecule has 0 radical (unpaired) electrons. The molecule has 3 aromatic rings. The standard InChI is InChI=1S/C19H16F2N4O4S/c1-3-29-18(26)12-4-11(8-22-9-12)16-10-23-19(25-17(16)30(2,27)28)24-15-6-13(20)5-14(21)7-15/h4-10H,3H2,1-2H3,(H,23,24,25). The van der Waals surface area contributed by atoms with Gasteiger partial charge in [-0.1, -0.05) is 0 Å². The van der Waals surface area contributed by atoms with Crippen LogP contribution in [0.4, 0.5) is 20.4 Å². The van der Waals surface area contributed by atoms with Gasteiger partial charge < -0.3 is 10.1 Å². The van der Waals surface area contributed by atoms with E-state index in [1.807, 2.05) is 0 Å². The van der Waals surface area contributed by atoms with Crippen molar-refractivity contribution in [3.8, 4) is 11.1 Å². The van der Waals surface area contributed by atoms with Crippen LogP contribution in [0.25, 0.3) is 11.1 Å². The van der Waals surface area contributed by atoms with Gasteiger partial charge in [0.2, 0.25) is 5.95 Å². The monoisotopic (exact) mass is 434 g/mol. The molecule has 0 aliphatic carbocycles. The molecule has 0 saturated carbocycles. The number of aromatic nitrogens is 3. The molecule has 156 valence electrons. The van der Waals surface area contributed by atoms with Crippen molar-refractivity contribution in [2.24, 2.45) is 0 Å². The average Bonchev–Trinajstić information content (AvgIpc) is 2.67. The summed E-state index contributed by atoms with van der Waals surface area (Å²) >= 11 is 0. The van der Waals surface area contributed by atoms with Crippen LogP contribution in [0.2, 0.25) is 0 Å². The van der Waals surface area contributed by atoms with Crippen LogP contribution in [0.5, 0.6) is 0 Å². The smallest absolute Gasteiger partial charge is 0.339 e. The maximum absolute atomic E-state index is 13.4. The topological polar surface area (TPSA) is 111 Å². The zero-order chi connectivity index (χ0) is 21.9. The first-order valence-electron chi connectivity index (χ1n) is 8.60. The van der Waals surface area contributed by atoms with Crippen LogP contribution in [0, 0.1) is 11.6 Å². The third kappa shape index (κ3) is 4.92. The Kier molecular flexibility index (Phi) is 6.01. The largest absolute Gasteiger partial charge is 0.462 e. The minimum atomic E-state index is -3.84. The Bertz CT molecular complexity index is 1200. The van der Waals surface area contributed by atoms with E-state index in [0.29, 0.717) is 6.07 Å². The fourth-order valence-corrected chi connectivity index (χ4v) is 3.40. The van der Waals surface area contributed by atoms with Gasteiger partial charge in [-0.3, -0.25) is 4.98 Å². The summed E-state index contributed by atoms with van der Waals surface area (Å²) in [5, 5.41) is 2.22. The van der Waals surface area contributed by atoms with Crippen molar-refractivity contribution < 1.29 is 26.7 Å². The van der Waals surface area contributed by atoms with E-state index in [9.17, 15) is 22.0 Å². The highest BCUT2D eigenvalue weighted by molar-refractivity contribution is 7.90. The molecule has 0 saturated heterocycles. The first-order chi connectivity index (χ1) is 14.2. The number of benzene rings is 1. The van der Waals surface area contributed by atoms with E-state index in [4.69, 9.17) is 4.74 Å². The molecular weight excluding hydrogens is 418 g/mol. The van der Waals surface area contributed by atoms with Crippen molar-refractivity contribution in [3.05, 3.63) is 60.1 Å². The molecule has 0 unspecified atom stereocenters. The van der Waals surface area contributed by atoms with Gasteiger partial charge in [-0.2, -0.15) is 0 Å². The minimum absolute atomic E-state index is 0.00526. The van der Waals surface area contributed by atoms with Crippen LogP contribution in [-0.4, -0.2) is 42.2 Å². The summed E-state index contributed by atoms with van der Waals surface area (Å²) in [6.45, 7) is 1.82. The predicted molar refractivity (Wildman–Crippen MR) is 104 cm³/mol. The number of nitrogens with one attached hydrogen (secondary N) is 1. The Morgan fingerprint density at radius 1 is 1.10 bits per heavy atom. The molecule has 30 heavy (non-hydrogen) atoms. The van der Waals surface area contributed by atoms with Crippen LogP contribution in [0.15, 0.2) is 47.9 Å². The Morgan fingerprint density at radius 3 is 2.43 bits per heavy atom. The van der Waals surface area contributed by atoms with Crippen LogP contribution < -0.4 is 5.32 Å². The van der Waals surface area contributed by atoms with Crippen molar-refractivity contribution >= 4 is 27.4 Å². The lowest BCUT2D eigenvalue weighted by Crippen LogP contribution is -2.09. The van der Waals surface area contributed by atoms with Crippen molar-refractivity contribution in [2.75, 3.05) is 18.2 Å². The average molecular weight is 434 g/mol. The fraction of sp³-hybridized carbons (Fsp3) is 0.158. The van der Waals surface area contributed by atoms with E-state index in [0.717, 1.165) is 18.4 Å². The van der Waals surface area contributed by atoms with Gasteiger partial charge in [0.05, 0.1) is 12.2 Å². The van der Waals surface area contributed by atoms with Gasteiger partial charge >= 0.3 is 5.97 Å². The maximum Gasteiger partial charge on any atom is 0.339 e. The SMILES string of the molecule is CCOC(=O)c1cncc(-c2cnc(Nc3cc(F)cc(F)c3)nc2S(C)(=O)=O)c1. The normalized spacial score (nSPS) is 11.2. The number of hydrogen-bond acceptors (Lipinski definition) is 8. The maximum atomic E-state index is 13.4. The van der Waals surface area contributed by atoms with E-state index in [2.05, 4.69) is 20.3 Å². The van der Waals surface area contributed by atoms with Crippen LogP contribution in [0.1, 0.15) is 17.3 Å². The number of rotatable bonds is 6.